The Morgan fingerprint density at radius 3 is 2.21 bits per heavy atom. The average molecular weight is 619 g/mol. The number of likely N-dealkylation sites (tertiary alicyclic amines) is 1. The first-order valence-corrected chi connectivity index (χ1v) is 18.0. The van der Waals surface area contributed by atoms with E-state index in [2.05, 4.69) is 49.5 Å². The second kappa shape index (κ2) is 12.8. The van der Waals surface area contributed by atoms with E-state index >= 15 is 0 Å². The number of aromatic nitrogens is 1. The molecule has 0 radical (unpaired) electrons. The predicted octanol–water partition coefficient (Wildman–Crippen LogP) is 4.94. The molecule has 3 amide bonds. The molecule has 0 saturated carbocycles. The number of carbonyl (C=O) groups excluding carboxylic acids is 2. The van der Waals surface area contributed by atoms with Gasteiger partial charge in [-0.15, -0.1) is 11.3 Å². The Balaban J connectivity index is 1.88. The highest BCUT2D eigenvalue weighted by Gasteiger charge is 2.48. The van der Waals surface area contributed by atoms with Crippen molar-refractivity contribution in [2.75, 3.05) is 13.2 Å². The summed E-state index contributed by atoms with van der Waals surface area (Å²) >= 11 is 1.55. The van der Waals surface area contributed by atoms with E-state index in [1.54, 1.807) is 37.6 Å². The number of nitrogens with one attached hydrogen (secondary N) is 2. The first-order valence-electron chi connectivity index (χ1n) is 14.2. The monoisotopic (exact) mass is 618 g/mol. The van der Waals surface area contributed by atoms with Crippen LogP contribution >= 0.6 is 11.3 Å². The minimum absolute atomic E-state index is 0.0765. The van der Waals surface area contributed by atoms with Crippen LogP contribution in [0.1, 0.15) is 65.3 Å². The van der Waals surface area contributed by atoms with Crippen LogP contribution in [-0.2, 0) is 14.0 Å². The highest BCUT2D eigenvalue weighted by molar-refractivity contribution is 7.13. The smallest absolute Gasteiger partial charge is 0.405 e. The van der Waals surface area contributed by atoms with Gasteiger partial charge in [-0.1, -0.05) is 65.8 Å². The van der Waals surface area contributed by atoms with Gasteiger partial charge in [0.25, 0.3) is 0 Å². The van der Waals surface area contributed by atoms with E-state index in [0.717, 1.165) is 21.7 Å². The maximum Gasteiger partial charge on any atom is 0.405 e. The molecule has 12 heteroatoms. The molecule has 1 saturated heterocycles. The largest absolute Gasteiger partial charge is 0.465 e. The fourth-order valence-electron chi connectivity index (χ4n) is 4.85. The van der Waals surface area contributed by atoms with Crippen LogP contribution in [0.25, 0.3) is 10.4 Å². The lowest BCUT2D eigenvalue weighted by molar-refractivity contribution is -0.142. The minimum Gasteiger partial charge on any atom is -0.465 e. The Morgan fingerprint density at radius 2 is 1.74 bits per heavy atom. The molecule has 2 heterocycles. The predicted molar refractivity (Wildman–Crippen MR) is 167 cm³/mol. The molecule has 0 aliphatic carbocycles. The molecule has 2 aromatic rings. The quantitative estimate of drug-likeness (QED) is 0.292. The number of aliphatic hydroxyl groups excluding tert-OH is 1. The van der Waals surface area contributed by atoms with Crippen molar-refractivity contribution in [2.24, 2.45) is 5.41 Å². The van der Waals surface area contributed by atoms with Gasteiger partial charge in [0, 0.05) is 13.0 Å². The summed E-state index contributed by atoms with van der Waals surface area (Å²) in [6.07, 6.45) is -1.42. The molecule has 0 spiro atoms. The van der Waals surface area contributed by atoms with Crippen molar-refractivity contribution >= 4 is 37.6 Å². The third kappa shape index (κ3) is 7.77. The first-order chi connectivity index (χ1) is 19.4. The number of aliphatic hydroxyl groups is 1. The van der Waals surface area contributed by atoms with Crippen molar-refractivity contribution in [1.29, 1.82) is 0 Å². The van der Waals surface area contributed by atoms with Gasteiger partial charge in [0.1, 0.15) is 12.1 Å². The number of thiazole rings is 1. The van der Waals surface area contributed by atoms with Crippen LogP contribution in [0.2, 0.25) is 18.1 Å². The fraction of sp³-hybridized carbons (Fsp3) is 0.600. The lowest BCUT2D eigenvalue weighted by Gasteiger charge is -2.38. The number of rotatable bonds is 9. The maximum absolute atomic E-state index is 13.9. The lowest BCUT2D eigenvalue weighted by atomic mass is 9.85. The van der Waals surface area contributed by atoms with Crippen molar-refractivity contribution in [1.82, 2.24) is 20.5 Å². The molecule has 10 nitrogen and oxygen atoms in total. The molecule has 232 valence electrons. The summed E-state index contributed by atoms with van der Waals surface area (Å²) in [7, 11) is -2.24. The van der Waals surface area contributed by atoms with E-state index in [-0.39, 0.29) is 30.7 Å². The molecule has 1 aliphatic rings. The van der Waals surface area contributed by atoms with Crippen LogP contribution in [0.5, 0.6) is 0 Å². The number of carboxylic acid groups (broad SMARTS) is 1. The van der Waals surface area contributed by atoms with E-state index in [1.165, 1.54) is 4.90 Å². The molecule has 4 atom stereocenters. The normalized spacial score (nSPS) is 19.3. The zero-order valence-corrected chi connectivity index (χ0v) is 28.0. The van der Waals surface area contributed by atoms with Gasteiger partial charge in [-0.3, -0.25) is 9.59 Å². The molecule has 0 bridgehead atoms. The van der Waals surface area contributed by atoms with Gasteiger partial charge < -0.3 is 30.2 Å². The van der Waals surface area contributed by atoms with Gasteiger partial charge in [-0.05, 0) is 41.6 Å². The van der Waals surface area contributed by atoms with Crippen molar-refractivity contribution in [3.63, 3.8) is 0 Å². The van der Waals surface area contributed by atoms with Crippen molar-refractivity contribution in [3.05, 3.63) is 41.0 Å². The van der Waals surface area contributed by atoms with Crippen molar-refractivity contribution in [3.8, 4) is 10.4 Å². The zero-order valence-electron chi connectivity index (χ0n) is 26.1. The topological polar surface area (TPSA) is 141 Å². The highest BCUT2D eigenvalue weighted by atomic mass is 32.1. The summed E-state index contributed by atoms with van der Waals surface area (Å²) in [5.41, 5.74) is 3.72. The third-order valence-electron chi connectivity index (χ3n) is 8.32. The number of benzene rings is 1. The van der Waals surface area contributed by atoms with Gasteiger partial charge in [0.05, 0.1) is 34.8 Å². The summed E-state index contributed by atoms with van der Waals surface area (Å²) in [4.78, 5) is 46.1. The number of nitrogens with zero attached hydrogens (tertiary/aromatic N) is 2. The third-order valence-corrected chi connectivity index (χ3v) is 13.8. The van der Waals surface area contributed by atoms with E-state index < -0.39 is 49.8 Å². The molecule has 2 unspecified atom stereocenters. The molecule has 1 aromatic carbocycles. The van der Waals surface area contributed by atoms with E-state index in [4.69, 9.17) is 4.43 Å². The summed E-state index contributed by atoms with van der Waals surface area (Å²) in [6.45, 7) is 17.7. The Labute approximate surface area is 254 Å². The summed E-state index contributed by atoms with van der Waals surface area (Å²) in [5, 5.41) is 24.9. The van der Waals surface area contributed by atoms with Gasteiger partial charge in [-0.2, -0.15) is 0 Å². The second-order valence-corrected chi connectivity index (χ2v) is 19.2. The van der Waals surface area contributed by atoms with Crippen molar-refractivity contribution in [2.45, 2.75) is 97.2 Å². The maximum atomic E-state index is 13.9. The highest BCUT2D eigenvalue weighted by Crippen LogP contribution is 2.39. The molecular weight excluding hydrogens is 573 g/mol. The van der Waals surface area contributed by atoms with Crippen LogP contribution in [0.15, 0.2) is 29.8 Å². The molecule has 1 fully saturated rings. The van der Waals surface area contributed by atoms with Crippen molar-refractivity contribution < 1.29 is 29.0 Å². The molecule has 1 aliphatic heterocycles. The Bertz CT molecular complexity index is 1270. The number of carbonyl (C=O) groups is 3. The Hall–Kier alpha value is -2.80. The van der Waals surface area contributed by atoms with E-state index in [0.29, 0.717) is 0 Å². The van der Waals surface area contributed by atoms with Gasteiger partial charge in [0.15, 0.2) is 8.32 Å². The number of hydrogen-bond donors (Lipinski definition) is 4. The molecular formula is C30H46N4O6SSi. The number of aryl methyl sites for hydroxylation is 1. The number of hydrogen-bond acceptors (Lipinski definition) is 7. The van der Waals surface area contributed by atoms with E-state index in [1.807, 2.05) is 31.2 Å². The molecule has 3 rings (SSSR count). The van der Waals surface area contributed by atoms with E-state index in [9.17, 15) is 24.6 Å². The summed E-state index contributed by atoms with van der Waals surface area (Å²) in [6, 6.07) is 4.96. The fourth-order valence-corrected chi connectivity index (χ4v) is 7.02. The second-order valence-electron chi connectivity index (χ2n) is 13.6. The Kier molecular flexibility index (Phi) is 10.3. The summed E-state index contributed by atoms with van der Waals surface area (Å²) < 4.78 is 6.62. The zero-order chi connectivity index (χ0) is 31.6. The van der Waals surface area contributed by atoms with Crippen LogP contribution in [-0.4, -0.2) is 77.7 Å². The van der Waals surface area contributed by atoms with Crippen LogP contribution in [0, 0.1) is 12.3 Å². The SMILES string of the molecule is Cc1ncsc1-c1ccc(C(CO)NC(=O)[C@@H]2C[C@@H](O[Si](C)(C)C(C)(C)C)CN2C(=O)C(NC(=O)O)C(C)(C)C)cc1. The lowest BCUT2D eigenvalue weighted by Crippen LogP contribution is -2.57. The van der Waals surface area contributed by atoms with Crippen LogP contribution in [0.3, 0.4) is 0 Å². The molecule has 1 aromatic heterocycles. The van der Waals surface area contributed by atoms with Crippen LogP contribution in [0.4, 0.5) is 4.79 Å². The van der Waals surface area contributed by atoms with Gasteiger partial charge >= 0.3 is 6.09 Å². The van der Waals surface area contributed by atoms with Crippen LogP contribution < -0.4 is 10.6 Å². The minimum atomic E-state index is -2.24. The van der Waals surface area contributed by atoms with Gasteiger partial charge in [0.2, 0.25) is 11.8 Å². The van der Waals surface area contributed by atoms with Gasteiger partial charge in [-0.25, -0.2) is 9.78 Å². The number of amides is 3. The Morgan fingerprint density at radius 1 is 1.12 bits per heavy atom. The molecule has 4 N–H and O–H groups in total. The average Bonchev–Trinajstić information content (AvgIpc) is 3.50. The standard InChI is InChI=1S/C30H46N4O6SSi/c1-18-24(41-17-31-18)20-12-10-19(11-13-20)22(16-35)32-26(36)23-14-21(40-42(8,9)30(5,6)7)15-34(23)27(37)25(29(2,3)4)33-28(38)39/h10-13,17,21-23,25,33,35H,14-16H2,1-9H3,(H,32,36)(H,38,39)/t21-,22?,23+,25?/m1/s1. The summed E-state index contributed by atoms with van der Waals surface area (Å²) in [5.74, 6) is -0.898. The first kappa shape index (κ1) is 33.7. The molecule has 42 heavy (non-hydrogen) atoms.